The minimum absolute atomic E-state index is 0.846. The van der Waals surface area contributed by atoms with E-state index in [0.29, 0.717) is 0 Å². The Morgan fingerprint density at radius 3 is 2.50 bits per heavy atom. The van der Waals surface area contributed by atoms with Crippen molar-refractivity contribution in [3.8, 4) is 5.75 Å². The molecule has 0 heterocycles. The van der Waals surface area contributed by atoms with Crippen LogP contribution in [0.3, 0.4) is 0 Å². The highest BCUT2D eigenvalue weighted by Gasteiger charge is 2.23. The molecule has 1 aliphatic carbocycles. The van der Waals surface area contributed by atoms with E-state index in [0.717, 1.165) is 11.7 Å². The zero-order valence-corrected chi connectivity index (χ0v) is 10.4. The predicted octanol–water partition coefficient (Wildman–Crippen LogP) is 3.23. The van der Waals surface area contributed by atoms with Crippen LogP contribution in [0.4, 0.5) is 0 Å². The third-order valence-corrected chi connectivity index (χ3v) is 3.34. The average molecular weight is 206 g/mol. The van der Waals surface area contributed by atoms with Gasteiger partial charge in [0.25, 0.3) is 0 Å². The molecule has 0 radical (unpaired) electrons. The fourth-order valence-electron chi connectivity index (χ4n) is 1.73. The second-order valence-corrected chi connectivity index (χ2v) is 6.80. The summed E-state index contributed by atoms with van der Waals surface area (Å²) < 4.78 is 5.84. The number of hydrogen-bond acceptors (Lipinski definition) is 1. The molecule has 14 heavy (non-hydrogen) atoms. The molecule has 1 nitrogen and oxygen atoms in total. The molecule has 1 fully saturated rings. The first-order chi connectivity index (χ1) is 6.66. The van der Waals surface area contributed by atoms with Crippen molar-refractivity contribution in [2.24, 2.45) is 0 Å². The van der Waals surface area contributed by atoms with Gasteiger partial charge in [0, 0.05) is 0 Å². The molecule has 0 aromatic heterocycles. The molecular formula is C12H18OSi. The van der Waals surface area contributed by atoms with Crippen molar-refractivity contribution >= 4 is 9.04 Å². The summed E-state index contributed by atoms with van der Waals surface area (Å²) in [6.45, 7) is 6.56. The van der Waals surface area contributed by atoms with Crippen molar-refractivity contribution in [1.29, 1.82) is 0 Å². The van der Waals surface area contributed by atoms with Crippen LogP contribution in [0, 0.1) is 6.92 Å². The van der Waals surface area contributed by atoms with Crippen LogP contribution in [0.2, 0.25) is 13.1 Å². The molecule has 1 aliphatic rings. The van der Waals surface area contributed by atoms with Crippen LogP contribution in [-0.4, -0.2) is 9.04 Å². The molecule has 0 N–H and O–H groups in total. The summed E-state index contributed by atoms with van der Waals surface area (Å²) in [6.07, 6.45) is 2.75. The highest BCUT2D eigenvalue weighted by molar-refractivity contribution is 6.49. The van der Waals surface area contributed by atoms with E-state index in [1.807, 2.05) is 0 Å². The molecule has 0 aliphatic heterocycles. The van der Waals surface area contributed by atoms with Gasteiger partial charge in [-0.15, -0.1) is 0 Å². The van der Waals surface area contributed by atoms with Crippen molar-refractivity contribution in [3.05, 3.63) is 29.3 Å². The van der Waals surface area contributed by atoms with Crippen molar-refractivity contribution < 1.29 is 4.43 Å². The maximum absolute atomic E-state index is 5.84. The fraction of sp³-hybridized carbons (Fsp3) is 0.500. The van der Waals surface area contributed by atoms with Gasteiger partial charge < -0.3 is 4.43 Å². The summed E-state index contributed by atoms with van der Waals surface area (Å²) in [4.78, 5) is 0. The zero-order valence-electron chi connectivity index (χ0n) is 9.21. The Labute approximate surface area is 87.8 Å². The van der Waals surface area contributed by atoms with E-state index in [9.17, 15) is 0 Å². The quantitative estimate of drug-likeness (QED) is 0.690. The van der Waals surface area contributed by atoms with Crippen LogP contribution < -0.4 is 4.43 Å². The Morgan fingerprint density at radius 1 is 1.29 bits per heavy atom. The second kappa shape index (κ2) is 3.77. The van der Waals surface area contributed by atoms with Crippen molar-refractivity contribution in [1.82, 2.24) is 0 Å². The Hall–Kier alpha value is -0.763. The van der Waals surface area contributed by atoms with Gasteiger partial charge in [0.15, 0.2) is 0 Å². The molecule has 2 heteroatoms. The van der Waals surface area contributed by atoms with E-state index < -0.39 is 9.04 Å². The molecule has 0 amide bonds. The van der Waals surface area contributed by atoms with Gasteiger partial charge in [-0.1, -0.05) is 12.1 Å². The summed E-state index contributed by atoms with van der Waals surface area (Å²) in [5, 5.41) is 0. The monoisotopic (exact) mass is 206 g/mol. The van der Waals surface area contributed by atoms with Crippen LogP contribution in [0.1, 0.15) is 29.9 Å². The maximum Gasteiger partial charge on any atom is 0.229 e. The highest BCUT2D eigenvalue weighted by Crippen LogP contribution is 2.41. The van der Waals surface area contributed by atoms with Gasteiger partial charge in [-0.25, -0.2) is 0 Å². The molecule has 76 valence electrons. The summed E-state index contributed by atoms with van der Waals surface area (Å²) in [7, 11) is -0.950. The first kappa shape index (κ1) is 9.78. The lowest BCUT2D eigenvalue weighted by Crippen LogP contribution is -2.11. The van der Waals surface area contributed by atoms with Crippen molar-refractivity contribution in [3.63, 3.8) is 0 Å². The van der Waals surface area contributed by atoms with E-state index >= 15 is 0 Å². The van der Waals surface area contributed by atoms with Crippen molar-refractivity contribution in [2.45, 2.75) is 38.8 Å². The number of benzene rings is 1. The van der Waals surface area contributed by atoms with E-state index in [2.05, 4.69) is 38.2 Å². The van der Waals surface area contributed by atoms with E-state index in [4.69, 9.17) is 4.43 Å². The summed E-state index contributed by atoms with van der Waals surface area (Å²) in [6, 6.07) is 6.68. The standard InChI is InChI=1S/C12H18OSi/c1-9-8-11(10-4-5-10)6-7-12(9)13-14(2)3/h6-8,10,14H,4-5H2,1-3H3. The molecular weight excluding hydrogens is 188 g/mol. The smallest absolute Gasteiger partial charge is 0.229 e. The molecule has 1 aromatic carbocycles. The fourth-order valence-corrected chi connectivity index (χ4v) is 2.50. The van der Waals surface area contributed by atoms with Gasteiger partial charge >= 0.3 is 0 Å². The molecule has 0 spiro atoms. The lowest BCUT2D eigenvalue weighted by Gasteiger charge is -2.13. The Bertz CT molecular complexity index is 329. The van der Waals surface area contributed by atoms with Crippen LogP contribution in [-0.2, 0) is 0 Å². The first-order valence-corrected chi connectivity index (χ1v) is 8.22. The average Bonchev–Trinajstić information content (AvgIpc) is 2.90. The summed E-state index contributed by atoms with van der Waals surface area (Å²) in [5.41, 5.74) is 2.80. The lowest BCUT2D eigenvalue weighted by atomic mass is 10.1. The second-order valence-electron chi connectivity index (χ2n) is 4.47. The zero-order chi connectivity index (χ0) is 10.1. The number of rotatable bonds is 3. The van der Waals surface area contributed by atoms with Crippen molar-refractivity contribution in [2.75, 3.05) is 0 Å². The Morgan fingerprint density at radius 2 is 2.00 bits per heavy atom. The molecule has 0 atom stereocenters. The first-order valence-electron chi connectivity index (χ1n) is 5.44. The normalized spacial score (nSPS) is 16.0. The number of hydrogen-bond donors (Lipinski definition) is 0. The molecule has 0 bridgehead atoms. The van der Waals surface area contributed by atoms with Gasteiger partial charge in [0.2, 0.25) is 9.04 Å². The van der Waals surface area contributed by atoms with Crippen LogP contribution in [0.5, 0.6) is 5.75 Å². The van der Waals surface area contributed by atoms with E-state index in [1.54, 1.807) is 0 Å². The molecule has 0 saturated heterocycles. The van der Waals surface area contributed by atoms with E-state index in [-0.39, 0.29) is 0 Å². The molecule has 1 saturated carbocycles. The topological polar surface area (TPSA) is 9.23 Å². The van der Waals surface area contributed by atoms with Gasteiger partial charge in [0.1, 0.15) is 5.75 Å². The third-order valence-electron chi connectivity index (χ3n) is 2.61. The third kappa shape index (κ3) is 2.18. The molecule has 1 aromatic rings. The van der Waals surface area contributed by atoms with Crippen LogP contribution in [0.25, 0.3) is 0 Å². The van der Waals surface area contributed by atoms with Crippen LogP contribution in [0.15, 0.2) is 18.2 Å². The minimum Gasteiger partial charge on any atom is -0.547 e. The van der Waals surface area contributed by atoms with Crippen LogP contribution >= 0.6 is 0 Å². The molecule has 0 unspecified atom stereocenters. The van der Waals surface area contributed by atoms with Gasteiger partial charge in [-0.05, 0) is 56.0 Å². The summed E-state index contributed by atoms with van der Waals surface area (Å²) in [5.74, 6) is 1.94. The SMILES string of the molecule is Cc1cc(C2CC2)ccc1O[SiH](C)C. The highest BCUT2D eigenvalue weighted by atomic mass is 28.3. The Kier molecular flexibility index (Phi) is 2.64. The minimum atomic E-state index is -0.950. The van der Waals surface area contributed by atoms with Gasteiger partial charge in [-0.3, -0.25) is 0 Å². The number of aryl methyl sites for hydroxylation is 1. The van der Waals surface area contributed by atoms with E-state index in [1.165, 1.54) is 24.0 Å². The Balaban J connectivity index is 2.17. The maximum atomic E-state index is 5.84. The predicted molar refractivity (Wildman–Crippen MR) is 62.7 cm³/mol. The van der Waals surface area contributed by atoms with Gasteiger partial charge in [-0.2, -0.15) is 0 Å². The summed E-state index contributed by atoms with van der Waals surface area (Å²) >= 11 is 0. The molecule has 2 rings (SSSR count). The largest absolute Gasteiger partial charge is 0.547 e. The van der Waals surface area contributed by atoms with Gasteiger partial charge in [0.05, 0.1) is 0 Å². The lowest BCUT2D eigenvalue weighted by molar-refractivity contribution is 0.575.